The summed E-state index contributed by atoms with van der Waals surface area (Å²) < 4.78 is 0. The predicted octanol–water partition coefficient (Wildman–Crippen LogP) is -1.18. The largest absolute Gasteiger partial charge is 0.481 e. The summed E-state index contributed by atoms with van der Waals surface area (Å²) in [5.41, 5.74) is 12.8. The number of hydrogen-bond donors (Lipinski definition) is 7. The molecule has 0 radical (unpaired) electrons. The van der Waals surface area contributed by atoms with E-state index in [4.69, 9.17) is 16.6 Å². The Hall–Kier alpha value is -4.46. The second kappa shape index (κ2) is 12.9. The van der Waals surface area contributed by atoms with Crippen LogP contribution in [0, 0.1) is 0 Å². The van der Waals surface area contributed by atoms with E-state index in [9.17, 15) is 33.9 Å². The number of carbonyl (C=O) groups is 6. The van der Waals surface area contributed by atoms with Crippen LogP contribution in [0.2, 0.25) is 0 Å². The van der Waals surface area contributed by atoms with Crippen LogP contribution in [0.4, 0.5) is 0 Å². The van der Waals surface area contributed by atoms with Crippen molar-refractivity contribution in [3.8, 4) is 0 Å². The van der Waals surface area contributed by atoms with Gasteiger partial charge in [-0.3, -0.25) is 24.0 Å². The van der Waals surface area contributed by atoms with Gasteiger partial charge in [-0.05, 0) is 37.3 Å². The van der Waals surface area contributed by atoms with E-state index in [1.165, 1.54) is 4.90 Å². The van der Waals surface area contributed by atoms with Crippen molar-refractivity contribution >= 4 is 46.5 Å². The molecule has 1 aliphatic rings. The zero-order valence-electron chi connectivity index (χ0n) is 21.1. The van der Waals surface area contributed by atoms with E-state index < -0.39 is 72.6 Å². The monoisotopic (exact) mass is 544 g/mol. The Labute approximate surface area is 223 Å². The molecule has 1 fully saturated rings. The molecule has 0 bridgehead atoms. The zero-order valence-corrected chi connectivity index (χ0v) is 21.1. The number of primary amides is 1. The highest BCUT2D eigenvalue weighted by Gasteiger charge is 2.39. The molecule has 4 atom stereocenters. The molecule has 3 rings (SSSR count). The minimum atomic E-state index is -1.57. The number of aromatic nitrogens is 1. The fourth-order valence-electron chi connectivity index (χ4n) is 4.61. The summed E-state index contributed by atoms with van der Waals surface area (Å²) in [4.78, 5) is 77.3. The van der Waals surface area contributed by atoms with Gasteiger partial charge in [0.15, 0.2) is 0 Å². The second-order valence-corrected chi connectivity index (χ2v) is 9.42. The van der Waals surface area contributed by atoms with Crippen molar-refractivity contribution < 1.29 is 39.0 Å². The quantitative estimate of drug-likeness (QED) is 0.160. The highest BCUT2D eigenvalue weighted by molar-refractivity contribution is 5.95. The molecule has 1 saturated heterocycles. The van der Waals surface area contributed by atoms with Crippen LogP contribution in [-0.2, 0) is 35.2 Å². The molecule has 2 aromatic rings. The molecule has 4 unspecified atom stereocenters. The molecule has 0 saturated carbocycles. The first-order chi connectivity index (χ1) is 18.5. The molecule has 2 heterocycles. The molecule has 210 valence electrons. The Morgan fingerprint density at radius 3 is 2.46 bits per heavy atom. The summed E-state index contributed by atoms with van der Waals surface area (Å²) in [6, 6.07) is 2.49. The number of fused-ring (bicyclic) bond motifs is 1. The molecule has 0 spiro atoms. The van der Waals surface area contributed by atoms with Crippen LogP contribution in [0.25, 0.3) is 10.9 Å². The molecule has 1 aromatic heterocycles. The van der Waals surface area contributed by atoms with E-state index in [1.807, 2.05) is 24.3 Å². The second-order valence-electron chi connectivity index (χ2n) is 9.42. The number of aromatic amines is 1. The lowest BCUT2D eigenvalue weighted by Crippen LogP contribution is -2.57. The number of nitrogens with one attached hydrogen (secondary N) is 3. The Kier molecular flexibility index (Phi) is 9.60. The number of carboxylic acids is 2. The number of nitrogens with zero attached hydrogens (tertiary/aromatic N) is 1. The number of para-hydroxylation sites is 1. The number of nitrogens with two attached hydrogens (primary N) is 2. The minimum absolute atomic E-state index is 0.130. The number of carboxylic acid groups (broad SMARTS) is 2. The van der Waals surface area contributed by atoms with Gasteiger partial charge in [-0.15, -0.1) is 0 Å². The summed E-state index contributed by atoms with van der Waals surface area (Å²) in [7, 11) is 0. The Bertz CT molecular complexity index is 1260. The van der Waals surface area contributed by atoms with Gasteiger partial charge in [0.2, 0.25) is 23.6 Å². The molecular weight excluding hydrogens is 512 g/mol. The molecule has 1 aromatic carbocycles. The first-order valence-electron chi connectivity index (χ1n) is 12.4. The third-order valence-corrected chi connectivity index (χ3v) is 6.57. The number of rotatable bonds is 13. The van der Waals surface area contributed by atoms with Crippen LogP contribution in [-0.4, -0.2) is 86.4 Å². The third-order valence-electron chi connectivity index (χ3n) is 6.57. The molecule has 39 heavy (non-hydrogen) atoms. The van der Waals surface area contributed by atoms with Gasteiger partial charge in [0.25, 0.3) is 0 Å². The van der Waals surface area contributed by atoms with Crippen LogP contribution in [0.1, 0.15) is 37.7 Å². The van der Waals surface area contributed by atoms with E-state index in [1.54, 1.807) is 6.20 Å². The predicted molar refractivity (Wildman–Crippen MR) is 137 cm³/mol. The van der Waals surface area contributed by atoms with Crippen LogP contribution in [0.15, 0.2) is 30.5 Å². The molecular formula is C25H32N6O8. The lowest BCUT2D eigenvalue weighted by atomic mass is 10.0. The van der Waals surface area contributed by atoms with Crippen LogP contribution >= 0.6 is 0 Å². The van der Waals surface area contributed by atoms with Gasteiger partial charge in [-0.25, -0.2) is 4.79 Å². The van der Waals surface area contributed by atoms with Gasteiger partial charge in [0, 0.05) is 30.1 Å². The Morgan fingerprint density at radius 2 is 1.79 bits per heavy atom. The number of aliphatic carboxylic acids is 2. The number of hydrogen-bond acceptors (Lipinski definition) is 7. The van der Waals surface area contributed by atoms with Gasteiger partial charge in [-0.2, -0.15) is 0 Å². The van der Waals surface area contributed by atoms with E-state index >= 15 is 0 Å². The molecule has 14 heteroatoms. The summed E-state index contributed by atoms with van der Waals surface area (Å²) in [6.07, 6.45) is 1.20. The van der Waals surface area contributed by atoms with Gasteiger partial charge >= 0.3 is 11.9 Å². The normalized spacial score (nSPS) is 17.3. The average molecular weight is 545 g/mol. The van der Waals surface area contributed by atoms with Gasteiger partial charge in [0.1, 0.15) is 18.1 Å². The van der Waals surface area contributed by atoms with E-state index in [2.05, 4.69) is 15.6 Å². The molecule has 1 aliphatic heterocycles. The average Bonchev–Trinajstić information content (AvgIpc) is 3.53. The Morgan fingerprint density at radius 1 is 1.08 bits per heavy atom. The molecule has 4 amide bonds. The van der Waals surface area contributed by atoms with Crippen LogP contribution < -0.4 is 22.1 Å². The maximum Gasteiger partial charge on any atom is 0.326 e. The van der Waals surface area contributed by atoms with Gasteiger partial charge < -0.3 is 42.2 Å². The zero-order chi connectivity index (χ0) is 28.7. The maximum atomic E-state index is 13.4. The minimum Gasteiger partial charge on any atom is -0.481 e. The molecule has 9 N–H and O–H groups in total. The van der Waals surface area contributed by atoms with Gasteiger partial charge in [-0.1, -0.05) is 18.2 Å². The number of benzene rings is 1. The fourth-order valence-corrected chi connectivity index (χ4v) is 4.61. The Balaban J connectivity index is 1.71. The number of amides is 4. The van der Waals surface area contributed by atoms with Crippen molar-refractivity contribution in [3.63, 3.8) is 0 Å². The fraction of sp³-hybridized carbons (Fsp3) is 0.440. The maximum absolute atomic E-state index is 13.4. The first kappa shape index (κ1) is 29.1. The third kappa shape index (κ3) is 7.54. The number of likely N-dealkylation sites (tertiary alicyclic amines) is 1. The van der Waals surface area contributed by atoms with Crippen molar-refractivity contribution in [2.24, 2.45) is 11.5 Å². The number of carbonyl (C=O) groups excluding carboxylic acids is 4. The van der Waals surface area contributed by atoms with E-state index in [-0.39, 0.29) is 25.8 Å². The topological polar surface area (TPSA) is 238 Å². The summed E-state index contributed by atoms with van der Waals surface area (Å²) in [6.45, 7) is 0.130. The summed E-state index contributed by atoms with van der Waals surface area (Å²) in [5.74, 6) is -5.73. The molecule has 0 aliphatic carbocycles. The lowest BCUT2D eigenvalue weighted by Gasteiger charge is -2.29. The SMILES string of the molecule is NC(=O)CC(NC(=O)C1CCCN1C(=O)C(CCC(=O)O)NC(=O)C(N)Cc1c[nH]c2ccccc12)C(=O)O. The van der Waals surface area contributed by atoms with Crippen molar-refractivity contribution in [2.75, 3.05) is 6.54 Å². The number of H-pyrrole nitrogens is 1. The van der Waals surface area contributed by atoms with Crippen molar-refractivity contribution in [1.29, 1.82) is 0 Å². The lowest BCUT2D eigenvalue weighted by molar-refractivity contribution is -0.146. The smallest absolute Gasteiger partial charge is 0.326 e. The van der Waals surface area contributed by atoms with E-state index in [0.29, 0.717) is 6.42 Å². The summed E-state index contributed by atoms with van der Waals surface area (Å²) in [5, 5.41) is 24.1. The van der Waals surface area contributed by atoms with Crippen molar-refractivity contribution in [2.45, 2.75) is 62.7 Å². The van der Waals surface area contributed by atoms with Gasteiger partial charge in [0.05, 0.1) is 12.5 Å². The molecule has 14 nitrogen and oxygen atoms in total. The highest BCUT2D eigenvalue weighted by Crippen LogP contribution is 2.21. The summed E-state index contributed by atoms with van der Waals surface area (Å²) >= 11 is 0. The van der Waals surface area contributed by atoms with E-state index in [0.717, 1.165) is 16.5 Å². The van der Waals surface area contributed by atoms with Crippen LogP contribution in [0.5, 0.6) is 0 Å². The van der Waals surface area contributed by atoms with Crippen molar-refractivity contribution in [1.82, 2.24) is 20.5 Å². The first-order valence-corrected chi connectivity index (χ1v) is 12.4. The van der Waals surface area contributed by atoms with Crippen LogP contribution in [0.3, 0.4) is 0 Å². The standard InChI is InChI=1S/C25H32N6O8/c26-15(10-13-12-28-16-5-2-1-4-14(13)16)22(35)29-17(7-8-21(33)34)24(37)31-9-3-6-19(31)23(36)30-18(25(38)39)11-20(27)32/h1-2,4-5,12,15,17-19,28H,3,6-11,26H2,(H2,27,32)(H,29,35)(H,30,36)(H,33,34)(H,38,39). The highest BCUT2D eigenvalue weighted by atomic mass is 16.4. The van der Waals surface area contributed by atoms with Crippen molar-refractivity contribution in [3.05, 3.63) is 36.0 Å².